The van der Waals surface area contributed by atoms with Gasteiger partial charge < -0.3 is 10.2 Å². The van der Waals surface area contributed by atoms with Crippen LogP contribution in [0.2, 0.25) is 0 Å². The predicted molar refractivity (Wildman–Crippen MR) is 122 cm³/mol. The number of thioether (sulfide) groups is 1. The Bertz CT molecular complexity index is 1020. The molecular weight excluding hydrogens is 394 g/mol. The number of carbonyl (C=O) groups excluding carboxylic acids is 2. The van der Waals surface area contributed by atoms with Crippen molar-refractivity contribution in [1.82, 2.24) is 4.90 Å². The number of nitrogens with one attached hydrogen (secondary N) is 1. The molecule has 0 bridgehead atoms. The Balaban J connectivity index is 1.60. The van der Waals surface area contributed by atoms with Crippen molar-refractivity contribution >= 4 is 35.0 Å². The maximum absolute atomic E-state index is 13.9. The fourth-order valence-electron chi connectivity index (χ4n) is 5.67. The van der Waals surface area contributed by atoms with Gasteiger partial charge in [-0.2, -0.15) is 0 Å². The molecule has 0 aliphatic carbocycles. The Hall–Kier alpha value is -2.31. The minimum atomic E-state index is -0.899. The number of amides is 2. The van der Waals surface area contributed by atoms with Crippen LogP contribution in [0.15, 0.2) is 42.5 Å². The van der Waals surface area contributed by atoms with E-state index in [1.54, 1.807) is 0 Å². The Morgan fingerprint density at radius 1 is 1.20 bits per heavy atom. The summed E-state index contributed by atoms with van der Waals surface area (Å²) in [7, 11) is 0. The minimum Gasteiger partial charge on any atom is -0.326 e. The van der Waals surface area contributed by atoms with E-state index in [9.17, 15) is 9.59 Å². The smallest absolute Gasteiger partial charge is 0.253 e. The lowest BCUT2D eigenvalue weighted by Crippen LogP contribution is -2.55. The van der Waals surface area contributed by atoms with Crippen LogP contribution < -0.4 is 10.2 Å². The number of fused-ring (bicyclic) bond motifs is 4. The Kier molecular flexibility index (Phi) is 4.67. The number of rotatable bonds is 3. The van der Waals surface area contributed by atoms with E-state index in [1.165, 1.54) is 0 Å². The van der Waals surface area contributed by atoms with E-state index in [4.69, 9.17) is 0 Å². The normalized spacial score (nSPS) is 27.6. The largest absolute Gasteiger partial charge is 0.326 e. The standard InChI is InChI=1S/C24H27N3O2S/c1-4-26-21-8-6-5-7-19(21)24(23(26)29)20(12-18-13-30-14-27(18)24)22(28)25-17-10-15(2)9-16(3)11-17/h5-11,18,20H,4,12-14H2,1-3H3,(H,25,28). The number of anilines is 2. The monoisotopic (exact) mass is 421 g/mol. The highest BCUT2D eigenvalue weighted by molar-refractivity contribution is 7.99. The topological polar surface area (TPSA) is 52.7 Å². The van der Waals surface area contributed by atoms with Crippen LogP contribution in [-0.4, -0.2) is 40.9 Å². The molecule has 3 unspecified atom stereocenters. The van der Waals surface area contributed by atoms with Crippen LogP contribution in [0.4, 0.5) is 11.4 Å². The molecule has 0 radical (unpaired) electrons. The molecule has 2 aromatic rings. The summed E-state index contributed by atoms with van der Waals surface area (Å²) >= 11 is 1.86. The fraction of sp³-hybridized carbons (Fsp3) is 0.417. The molecule has 3 aliphatic heterocycles. The number of nitrogens with zero attached hydrogens (tertiary/aromatic N) is 2. The summed E-state index contributed by atoms with van der Waals surface area (Å²) < 4.78 is 0. The molecule has 3 heterocycles. The van der Waals surface area contributed by atoms with Crippen molar-refractivity contribution in [2.75, 3.05) is 28.4 Å². The molecule has 2 aromatic carbocycles. The quantitative estimate of drug-likeness (QED) is 0.817. The minimum absolute atomic E-state index is 0.0526. The molecule has 1 N–H and O–H groups in total. The van der Waals surface area contributed by atoms with E-state index < -0.39 is 11.5 Å². The number of para-hydroxylation sites is 1. The first kappa shape index (κ1) is 19.6. The molecule has 2 saturated heterocycles. The zero-order chi connectivity index (χ0) is 21.0. The van der Waals surface area contributed by atoms with Crippen LogP contribution in [0.1, 0.15) is 30.0 Å². The number of benzene rings is 2. The maximum atomic E-state index is 13.9. The first-order valence-corrected chi connectivity index (χ1v) is 11.8. The van der Waals surface area contributed by atoms with Gasteiger partial charge in [0.25, 0.3) is 5.91 Å². The van der Waals surface area contributed by atoms with Gasteiger partial charge in [0, 0.05) is 41.2 Å². The number of aryl methyl sites for hydroxylation is 2. The Morgan fingerprint density at radius 3 is 2.67 bits per heavy atom. The van der Waals surface area contributed by atoms with Crippen molar-refractivity contribution in [3.63, 3.8) is 0 Å². The van der Waals surface area contributed by atoms with Crippen molar-refractivity contribution in [3.8, 4) is 0 Å². The third kappa shape index (κ3) is 2.66. The first-order chi connectivity index (χ1) is 14.5. The van der Waals surface area contributed by atoms with Gasteiger partial charge in [0.2, 0.25) is 5.91 Å². The van der Waals surface area contributed by atoms with Crippen LogP contribution in [0.5, 0.6) is 0 Å². The van der Waals surface area contributed by atoms with Gasteiger partial charge in [-0.1, -0.05) is 24.3 Å². The molecule has 3 atom stereocenters. The van der Waals surface area contributed by atoms with Gasteiger partial charge in [0.1, 0.15) is 5.54 Å². The van der Waals surface area contributed by atoms with Gasteiger partial charge in [-0.15, -0.1) is 11.8 Å². The van der Waals surface area contributed by atoms with Crippen LogP contribution in [-0.2, 0) is 15.1 Å². The summed E-state index contributed by atoms with van der Waals surface area (Å²) in [6, 6.07) is 14.4. The second-order valence-electron chi connectivity index (χ2n) is 8.61. The molecule has 0 saturated carbocycles. The van der Waals surface area contributed by atoms with Gasteiger partial charge in [0.05, 0.1) is 5.92 Å². The Morgan fingerprint density at radius 2 is 1.93 bits per heavy atom. The molecule has 30 heavy (non-hydrogen) atoms. The third-order valence-corrected chi connectivity index (χ3v) is 7.83. The summed E-state index contributed by atoms with van der Waals surface area (Å²) in [5, 5.41) is 3.15. The van der Waals surface area contributed by atoms with Crippen LogP contribution in [0.25, 0.3) is 0 Å². The summed E-state index contributed by atoms with van der Waals surface area (Å²) in [5.74, 6) is 1.35. The average molecular weight is 422 g/mol. The van der Waals surface area contributed by atoms with Crippen molar-refractivity contribution in [2.45, 2.75) is 38.8 Å². The van der Waals surface area contributed by atoms with Gasteiger partial charge in [-0.25, -0.2) is 0 Å². The molecule has 2 fully saturated rings. The number of hydrogen-bond donors (Lipinski definition) is 1. The van der Waals surface area contributed by atoms with Gasteiger partial charge in [0.15, 0.2) is 0 Å². The molecule has 5 rings (SSSR count). The zero-order valence-corrected chi connectivity index (χ0v) is 18.5. The molecule has 0 aromatic heterocycles. The molecule has 6 heteroatoms. The van der Waals surface area contributed by atoms with Crippen LogP contribution in [0.3, 0.4) is 0 Å². The Labute approximate surface area is 181 Å². The highest BCUT2D eigenvalue weighted by atomic mass is 32.2. The molecule has 2 amide bonds. The lowest BCUT2D eigenvalue weighted by Gasteiger charge is -2.36. The fourth-order valence-corrected chi connectivity index (χ4v) is 6.98. The number of carbonyl (C=O) groups is 2. The van der Waals surface area contributed by atoms with E-state index in [1.807, 2.05) is 73.8 Å². The molecular formula is C24H27N3O2S. The average Bonchev–Trinajstić information content (AvgIpc) is 3.34. The van der Waals surface area contributed by atoms with Crippen LogP contribution >= 0.6 is 11.8 Å². The van der Waals surface area contributed by atoms with Crippen LogP contribution in [0, 0.1) is 19.8 Å². The third-order valence-electron chi connectivity index (χ3n) is 6.75. The first-order valence-electron chi connectivity index (χ1n) is 10.6. The highest BCUT2D eigenvalue weighted by Crippen LogP contribution is 2.57. The van der Waals surface area contributed by atoms with Crippen molar-refractivity contribution in [3.05, 3.63) is 59.2 Å². The van der Waals surface area contributed by atoms with Crippen molar-refractivity contribution in [2.24, 2.45) is 5.92 Å². The highest BCUT2D eigenvalue weighted by Gasteiger charge is 2.67. The summed E-state index contributed by atoms with van der Waals surface area (Å²) in [6.07, 6.45) is 0.710. The molecule has 1 spiro atoms. The van der Waals surface area contributed by atoms with Gasteiger partial charge in [-0.3, -0.25) is 14.5 Å². The van der Waals surface area contributed by atoms with Crippen molar-refractivity contribution < 1.29 is 9.59 Å². The van der Waals surface area contributed by atoms with Gasteiger partial charge >= 0.3 is 0 Å². The van der Waals surface area contributed by atoms with E-state index in [0.29, 0.717) is 13.0 Å². The second kappa shape index (κ2) is 7.13. The summed E-state index contributed by atoms with van der Waals surface area (Å²) in [4.78, 5) is 31.8. The maximum Gasteiger partial charge on any atom is 0.253 e. The molecule has 5 nitrogen and oxygen atoms in total. The van der Waals surface area contributed by atoms with E-state index in [2.05, 4.69) is 16.3 Å². The second-order valence-corrected chi connectivity index (χ2v) is 9.61. The predicted octanol–water partition coefficient (Wildman–Crippen LogP) is 3.90. The summed E-state index contributed by atoms with van der Waals surface area (Å²) in [5.41, 5.74) is 4.07. The molecule has 156 valence electrons. The SMILES string of the molecule is CCN1C(=O)C2(c3ccccc31)C(C(=O)Nc1cc(C)cc(C)c1)CC1CSCN12. The lowest BCUT2D eigenvalue weighted by atomic mass is 9.78. The lowest BCUT2D eigenvalue weighted by molar-refractivity contribution is -0.136. The van der Waals surface area contributed by atoms with E-state index >= 15 is 0 Å². The van der Waals surface area contributed by atoms with E-state index in [-0.39, 0.29) is 17.9 Å². The number of likely N-dealkylation sites (N-methyl/N-ethyl adjacent to an activating group) is 1. The summed E-state index contributed by atoms with van der Waals surface area (Å²) in [6.45, 7) is 6.67. The van der Waals surface area contributed by atoms with Gasteiger partial charge in [-0.05, 0) is 56.5 Å². The molecule has 3 aliphatic rings. The van der Waals surface area contributed by atoms with E-state index in [0.717, 1.165) is 39.7 Å². The van der Waals surface area contributed by atoms with Crippen molar-refractivity contribution in [1.29, 1.82) is 0 Å². The number of hydrogen-bond acceptors (Lipinski definition) is 4. The zero-order valence-electron chi connectivity index (χ0n) is 17.6.